The van der Waals surface area contributed by atoms with Crippen molar-refractivity contribution in [2.45, 2.75) is 6.54 Å². The van der Waals surface area contributed by atoms with Gasteiger partial charge in [0, 0.05) is 16.6 Å². The Kier molecular flexibility index (Phi) is 3.90. The number of amides is 1. The first kappa shape index (κ1) is 10.7. The summed E-state index contributed by atoms with van der Waals surface area (Å²) in [7, 11) is 0. The van der Waals surface area contributed by atoms with Crippen LogP contribution < -0.4 is 5.32 Å². The summed E-state index contributed by atoms with van der Waals surface area (Å²) in [6, 6.07) is 5.10. The topological polar surface area (TPSA) is 29.1 Å². The number of nitrogens with one attached hydrogen (secondary N) is 1. The van der Waals surface area contributed by atoms with Gasteiger partial charge in [-0.2, -0.15) is 0 Å². The zero-order valence-corrected chi connectivity index (χ0v) is 8.96. The Morgan fingerprint density at radius 2 is 2.15 bits per heavy atom. The van der Waals surface area contributed by atoms with Crippen LogP contribution in [0.4, 0.5) is 4.79 Å². The molecule has 0 unspecified atom stereocenters. The lowest BCUT2D eigenvalue weighted by molar-refractivity contribution is 0.260. The second kappa shape index (κ2) is 4.74. The van der Waals surface area contributed by atoms with E-state index in [9.17, 15) is 4.79 Å². The highest BCUT2D eigenvalue weighted by Crippen LogP contribution is 2.20. The van der Waals surface area contributed by atoms with Crippen molar-refractivity contribution in [3.8, 4) is 0 Å². The van der Waals surface area contributed by atoms with Crippen LogP contribution in [-0.4, -0.2) is 5.24 Å². The third-order valence-electron chi connectivity index (χ3n) is 1.45. The molecule has 0 heterocycles. The first-order valence-electron chi connectivity index (χ1n) is 3.50. The van der Waals surface area contributed by atoms with E-state index in [4.69, 9.17) is 23.2 Å². The summed E-state index contributed by atoms with van der Waals surface area (Å²) in [5.41, 5.74) is 0.813. The molecule has 70 valence electrons. The maximum atomic E-state index is 10.5. The van der Waals surface area contributed by atoms with Crippen LogP contribution in [0.1, 0.15) is 5.56 Å². The van der Waals surface area contributed by atoms with Gasteiger partial charge < -0.3 is 5.32 Å². The van der Waals surface area contributed by atoms with Gasteiger partial charge >= 0.3 is 0 Å². The van der Waals surface area contributed by atoms with Gasteiger partial charge in [0.2, 0.25) is 0 Å². The molecule has 0 aliphatic carbocycles. The van der Waals surface area contributed by atoms with Gasteiger partial charge in [-0.05, 0) is 17.7 Å². The Labute approximate surface area is 91.6 Å². The SMILES string of the molecule is O=C(S)NCc1ccc(Cl)cc1Cl. The lowest BCUT2D eigenvalue weighted by Crippen LogP contribution is -2.15. The van der Waals surface area contributed by atoms with E-state index in [1.54, 1.807) is 18.2 Å². The second-order valence-electron chi connectivity index (χ2n) is 2.39. The fraction of sp³-hybridized carbons (Fsp3) is 0.125. The molecule has 1 N–H and O–H groups in total. The first-order valence-corrected chi connectivity index (χ1v) is 4.70. The van der Waals surface area contributed by atoms with Crippen molar-refractivity contribution < 1.29 is 4.79 Å². The number of hydrogen-bond donors (Lipinski definition) is 2. The first-order chi connectivity index (χ1) is 6.09. The Balaban J connectivity index is 2.72. The van der Waals surface area contributed by atoms with Crippen LogP contribution in [0.15, 0.2) is 18.2 Å². The number of hydrogen-bond acceptors (Lipinski definition) is 1. The Morgan fingerprint density at radius 1 is 1.46 bits per heavy atom. The molecule has 0 aliphatic heterocycles. The molecular weight excluding hydrogens is 229 g/mol. The summed E-state index contributed by atoms with van der Waals surface area (Å²) < 4.78 is 0. The summed E-state index contributed by atoms with van der Waals surface area (Å²) >= 11 is 15.1. The molecule has 0 fully saturated rings. The maximum Gasteiger partial charge on any atom is 0.276 e. The molecule has 0 radical (unpaired) electrons. The van der Waals surface area contributed by atoms with Crippen molar-refractivity contribution in [2.75, 3.05) is 0 Å². The standard InChI is InChI=1S/C8H7Cl2NOS/c9-6-2-1-5(7(10)3-6)4-11-8(12)13/h1-3H,4H2,(H2,11,12,13). The van der Waals surface area contributed by atoms with Crippen molar-refractivity contribution >= 4 is 41.1 Å². The van der Waals surface area contributed by atoms with E-state index in [2.05, 4.69) is 17.9 Å². The number of benzene rings is 1. The van der Waals surface area contributed by atoms with Gasteiger partial charge in [-0.25, -0.2) is 0 Å². The molecule has 0 saturated carbocycles. The van der Waals surface area contributed by atoms with Gasteiger partial charge in [0.05, 0.1) is 0 Å². The zero-order valence-electron chi connectivity index (χ0n) is 6.55. The van der Waals surface area contributed by atoms with Crippen molar-refractivity contribution in [3.05, 3.63) is 33.8 Å². The molecule has 0 saturated heterocycles. The molecule has 0 spiro atoms. The van der Waals surface area contributed by atoms with E-state index in [1.165, 1.54) is 0 Å². The third kappa shape index (κ3) is 3.46. The van der Waals surface area contributed by atoms with Crippen LogP contribution in [0.2, 0.25) is 10.0 Å². The number of thiol groups is 1. The third-order valence-corrected chi connectivity index (χ3v) is 2.19. The Hall–Kier alpha value is -0.380. The molecule has 13 heavy (non-hydrogen) atoms. The molecule has 1 amide bonds. The predicted molar refractivity (Wildman–Crippen MR) is 57.7 cm³/mol. The van der Waals surface area contributed by atoms with E-state index in [0.717, 1.165) is 5.56 Å². The van der Waals surface area contributed by atoms with E-state index < -0.39 is 0 Å². The minimum atomic E-state index is -0.383. The van der Waals surface area contributed by atoms with Gasteiger partial charge in [-0.15, -0.1) is 0 Å². The Bertz CT molecular complexity index is 330. The van der Waals surface area contributed by atoms with Crippen LogP contribution in [0, 0.1) is 0 Å². The van der Waals surface area contributed by atoms with Gasteiger partial charge in [0.25, 0.3) is 5.24 Å². The summed E-state index contributed by atoms with van der Waals surface area (Å²) in [5, 5.41) is 3.25. The van der Waals surface area contributed by atoms with E-state index in [-0.39, 0.29) is 5.24 Å². The van der Waals surface area contributed by atoms with E-state index >= 15 is 0 Å². The normalized spacial score (nSPS) is 9.77. The fourth-order valence-corrected chi connectivity index (χ4v) is 1.39. The van der Waals surface area contributed by atoms with Crippen LogP contribution in [0.5, 0.6) is 0 Å². The van der Waals surface area contributed by atoms with Crippen molar-refractivity contribution in [3.63, 3.8) is 0 Å². The molecule has 0 atom stereocenters. The number of carbonyl (C=O) groups excluding carboxylic acids is 1. The lowest BCUT2D eigenvalue weighted by Gasteiger charge is -2.04. The van der Waals surface area contributed by atoms with Crippen molar-refractivity contribution in [1.29, 1.82) is 0 Å². The number of rotatable bonds is 2. The molecule has 2 nitrogen and oxygen atoms in total. The summed E-state index contributed by atoms with van der Waals surface area (Å²) in [6.45, 7) is 0.359. The molecule has 5 heteroatoms. The van der Waals surface area contributed by atoms with Gasteiger partial charge in [-0.1, -0.05) is 41.9 Å². The summed E-state index contributed by atoms with van der Waals surface area (Å²) in [4.78, 5) is 10.5. The largest absolute Gasteiger partial charge is 0.343 e. The molecule has 1 aromatic carbocycles. The second-order valence-corrected chi connectivity index (χ2v) is 3.64. The monoisotopic (exact) mass is 235 g/mol. The molecule has 1 aromatic rings. The minimum absolute atomic E-state index is 0.359. The van der Waals surface area contributed by atoms with E-state index in [0.29, 0.717) is 16.6 Å². The quantitative estimate of drug-likeness (QED) is 0.759. The van der Waals surface area contributed by atoms with Gasteiger partial charge in [0.1, 0.15) is 0 Å². The van der Waals surface area contributed by atoms with Gasteiger partial charge in [-0.3, -0.25) is 4.79 Å². The Morgan fingerprint density at radius 3 is 2.69 bits per heavy atom. The van der Waals surface area contributed by atoms with Crippen molar-refractivity contribution in [1.82, 2.24) is 5.32 Å². The zero-order chi connectivity index (χ0) is 9.84. The molecule has 0 bridgehead atoms. The summed E-state index contributed by atoms with van der Waals surface area (Å²) in [5.74, 6) is 0. The highest BCUT2D eigenvalue weighted by atomic mass is 35.5. The van der Waals surface area contributed by atoms with Crippen LogP contribution in [-0.2, 0) is 6.54 Å². The lowest BCUT2D eigenvalue weighted by atomic mass is 10.2. The van der Waals surface area contributed by atoms with Crippen LogP contribution in [0.25, 0.3) is 0 Å². The van der Waals surface area contributed by atoms with Crippen molar-refractivity contribution in [2.24, 2.45) is 0 Å². The number of carbonyl (C=O) groups is 1. The van der Waals surface area contributed by atoms with E-state index in [1.807, 2.05) is 0 Å². The smallest absolute Gasteiger partial charge is 0.276 e. The predicted octanol–water partition coefficient (Wildman–Crippen LogP) is 3.13. The number of halogens is 2. The highest BCUT2D eigenvalue weighted by molar-refractivity contribution is 7.96. The molecule has 1 rings (SSSR count). The van der Waals surface area contributed by atoms with Crippen LogP contribution in [0.3, 0.4) is 0 Å². The highest BCUT2D eigenvalue weighted by Gasteiger charge is 2.01. The summed E-state index contributed by atoms with van der Waals surface area (Å²) in [6.07, 6.45) is 0. The van der Waals surface area contributed by atoms with Crippen LogP contribution >= 0.6 is 35.8 Å². The van der Waals surface area contributed by atoms with Gasteiger partial charge in [0.15, 0.2) is 0 Å². The minimum Gasteiger partial charge on any atom is -0.343 e. The molecule has 0 aromatic heterocycles. The average Bonchev–Trinajstić information content (AvgIpc) is 2.02. The fourth-order valence-electron chi connectivity index (χ4n) is 0.836. The molecular formula is C8H7Cl2NOS. The maximum absolute atomic E-state index is 10.5. The average molecular weight is 236 g/mol. The molecule has 0 aliphatic rings.